The zero-order valence-corrected chi connectivity index (χ0v) is 12.6. The van der Waals surface area contributed by atoms with Crippen molar-refractivity contribution in [2.45, 2.75) is 12.8 Å². The summed E-state index contributed by atoms with van der Waals surface area (Å²) < 4.78 is 13.2. The molecule has 0 bridgehead atoms. The highest BCUT2D eigenvalue weighted by molar-refractivity contribution is 6.35. The Balaban J connectivity index is 2.08. The van der Waals surface area contributed by atoms with Gasteiger partial charge in [-0.15, -0.1) is 0 Å². The molecule has 2 rings (SSSR count). The van der Waals surface area contributed by atoms with Crippen LogP contribution in [0.2, 0.25) is 15.1 Å². The number of Topliss-reactive ketones (excluding diaryl/α,β-unsaturated/α-hetero) is 1. The molecule has 2 aromatic rings. The summed E-state index contributed by atoms with van der Waals surface area (Å²) in [6.07, 6.45) is 0.636. The molecule has 5 heteroatoms. The molecule has 0 heterocycles. The van der Waals surface area contributed by atoms with Crippen LogP contribution in [0.5, 0.6) is 0 Å². The van der Waals surface area contributed by atoms with Gasteiger partial charge in [-0.2, -0.15) is 0 Å². The average Bonchev–Trinajstić information content (AvgIpc) is 2.33. The van der Waals surface area contributed by atoms with E-state index in [1.54, 1.807) is 24.3 Å². The van der Waals surface area contributed by atoms with Gasteiger partial charge in [-0.25, -0.2) is 4.39 Å². The minimum atomic E-state index is -0.411. The first-order valence-corrected chi connectivity index (χ1v) is 7.02. The van der Waals surface area contributed by atoms with Gasteiger partial charge in [0.15, 0.2) is 5.78 Å². The van der Waals surface area contributed by atoms with E-state index in [1.165, 1.54) is 12.1 Å². The Hall–Kier alpha value is -1.09. The Morgan fingerprint density at radius 3 is 2.10 bits per heavy atom. The molecule has 0 aliphatic carbocycles. The molecular weight excluding hydrogens is 322 g/mol. The number of carbonyl (C=O) groups is 1. The van der Waals surface area contributed by atoms with Gasteiger partial charge in [-0.05, 0) is 48.4 Å². The van der Waals surface area contributed by atoms with Crippen LogP contribution in [0.4, 0.5) is 4.39 Å². The number of benzene rings is 2. The van der Waals surface area contributed by atoms with Crippen LogP contribution in [0.25, 0.3) is 0 Å². The van der Waals surface area contributed by atoms with Crippen LogP contribution < -0.4 is 0 Å². The van der Waals surface area contributed by atoms with E-state index < -0.39 is 5.82 Å². The normalized spacial score (nSPS) is 10.6. The predicted octanol–water partition coefficient (Wildman–Crippen LogP) is 5.60. The van der Waals surface area contributed by atoms with E-state index in [9.17, 15) is 9.18 Å². The van der Waals surface area contributed by atoms with Gasteiger partial charge in [0, 0.05) is 27.1 Å². The molecule has 0 N–H and O–H groups in total. The predicted molar refractivity (Wildman–Crippen MR) is 80.5 cm³/mol. The van der Waals surface area contributed by atoms with E-state index in [-0.39, 0.29) is 12.2 Å². The maximum absolute atomic E-state index is 13.2. The summed E-state index contributed by atoms with van der Waals surface area (Å²) >= 11 is 17.5. The van der Waals surface area contributed by atoms with Gasteiger partial charge in [0.2, 0.25) is 0 Å². The molecule has 0 unspecified atom stereocenters. The van der Waals surface area contributed by atoms with Crippen molar-refractivity contribution >= 4 is 40.6 Å². The SMILES string of the molecule is O=C(CCc1cc(F)cc(Cl)c1)c1cc(Cl)cc(Cl)c1. The molecule has 0 amide bonds. The second kappa shape index (κ2) is 6.57. The van der Waals surface area contributed by atoms with E-state index >= 15 is 0 Å². The summed E-state index contributed by atoms with van der Waals surface area (Å²) in [5.41, 5.74) is 1.13. The fourth-order valence-corrected chi connectivity index (χ4v) is 2.64. The third-order valence-corrected chi connectivity index (χ3v) is 3.40. The minimum absolute atomic E-state index is 0.102. The van der Waals surface area contributed by atoms with Crippen LogP contribution in [-0.4, -0.2) is 5.78 Å². The molecule has 0 saturated carbocycles. The molecule has 0 aliphatic rings. The zero-order chi connectivity index (χ0) is 14.7. The number of rotatable bonds is 4. The maximum Gasteiger partial charge on any atom is 0.163 e. The number of halogens is 4. The van der Waals surface area contributed by atoms with E-state index in [2.05, 4.69) is 0 Å². The molecule has 0 radical (unpaired) electrons. The third kappa shape index (κ3) is 4.20. The molecule has 1 nitrogen and oxygen atoms in total. The molecule has 0 saturated heterocycles. The summed E-state index contributed by atoms with van der Waals surface area (Å²) in [5.74, 6) is -0.513. The summed E-state index contributed by atoms with van der Waals surface area (Å²) in [4.78, 5) is 12.0. The van der Waals surface area contributed by atoms with Crippen molar-refractivity contribution in [3.05, 3.63) is 68.4 Å². The Bertz CT molecular complexity index is 615. The molecule has 0 atom stereocenters. The fraction of sp³-hybridized carbons (Fsp3) is 0.133. The van der Waals surface area contributed by atoms with Gasteiger partial charge in [-0.1, -0.05) is 34.8 Å². The topological polar surface area (TPSA) is 17.1 Å². The molecule has 0 aromatic heterocycles. The second-order valence-electron chi connectivity index (χ2n) is 4.36. The average molecular weight is 332 g/mol. The Morgan fingerprint density at radius 2 is 1.50 bits per heavy atom. The number of hydrogen-bond donors (Lipinski definition) is 0. The number of ketones is 1. The zero-order valence-electron chi connectivity index (χ0n) is 10.3. The summed E-state index contributed by atoms with van der Waals surface area (Å²) in [5, 5.41) is 1.14. The number of aryl methyl sites for hydroxylation is 1. The van der Waals surface area contributed by atoms with Crippen molar-refractivity contribution in [2.24, 2.45) is 0 Å². The molecular formula is C15H10Cl3FO. The first-order valence-electron chi connectivity index (χ1n) is 5.88. The van der Waals surface area contributed by atoms with Crippen LogP contribution in [0.1, 0.15) is 22.3 Å². The van der Waals surface area contributed by atoms with Crippen LogP contribution >= 0.6 is 34.8 Å². The quantitative estimate of drug-likeness (QED) is 0.666. The lowest BCUT2D eigenvalue weighted by atomic mass is 10.0. The Labute approximate surface area is 131 Å². The number of hydrogen-bond acceptors (Lipinski definition) is 1. The van der Waals surface area contributed by atoms with Crippen LogP contribution in [-0.2, 0) is 6.42 Å². The van der Waals surface area contributed by atoms with Crippen LogP contribution in [0.15, 0.2) is 36.4 Å². The Morgan fingerprint density at radius 1 is 0.900 bits per heavy atom. The first kappa shape index (κ1) is 15.3. The van der Waals surface area contributed by atoms with Crippen molar-refractivity contribution in [1.82, 2.24) is 0 Å². The lowest BCUT2D eigenvalue weighted by Crippen LogP contribution is -2.01. The highest BCUT2D eigenvalue weighted by atomic mass is 35.5. The summed E-state index contributed by atoms with van der Waals surface area (Å²) in [6.45, 7) is 0. The largest absolute Gasteiger partial charge is 0.294 e. The number of carbonyl (C=O) groups excluding carboxylic acids is 1. The summed E-state index contributed by atoms with van der Waals surface area (Å²) in [7, 11) is 0. The molecule has 0 fully saturated rings. The summed E-state index contributed by atoms with van der Waals surface area (Å²) in [6, 6.07) is 8.92. The monoisotopic (exact) mass is 330 g/mol. The fourth-order valence-electron chi connectivity index (χ4n) is 1.87. The second-order valence-corrected chi connectivity index (χ2v) is 5.67. The smallest absolute Gasteiger partial charge is 0.163 e. The van der Waals surface area contributed by atoms with Crippen molar-refractivity contribution in [3.8, 4) is 0 Å². The lowest BCUT2D eigenvalue weighted by Gasteiger charge is -2.04. The Kier molecular flexibility index (Phi) is 5.03. The molecule has 0 aliphatic heterocycles. The van der Waals surface area contributed by atoms with Gasteiger partial charge >= 0.3 is 0 Å². The van der Waals surface area contributed by atoms with E-state index in [0.717, 1.165) is 0 Å². The van der Waals surface area contributed by atoms with Gasteiger partial charge < -0.3 is 0 Å². The van der Waals surface area contributed by atoms with Crippen molar-refractivity contribution in [2.75, 3.05) is 0 Å². The standard InChI is InChI=1S/C15H10Cl3FO/c16-11-3-9(4-14(19)8-11)1-2-15(20)10-5-12(17)7-13(18)6-10/h3-8H,1-2H2. The van der Waals surface area contributed by atoms with Gasteiger partial charge in [-0.3, -0.25) is 4.79 Å². The minimum Gasteiger partial charge on any atom is -0.294 e. The van der Waals surface area contributed by atoms with Gasteiger partial charge in [0.05, 0.1) is 0 Å². The van der Waals surface area contributed by atoms with E-state index in [4.69, 9.17) is 34.8 Å². The molecule has 20 heavy (non-hydrogen) atoms. The molecule has 0 spiro atoms. The van der Waals surface area contributed by atoms with Gasteiger partial charge in [0.1, 0.15) is 5.82 Å². The highest BCUT2D eigenvalue weighted by Crippen LogP contribution is 2.21. The van der Waals surface area contributed by atoms with Gasteiger partial charge in [0.25, 0.3) is 0 Å². The maximum atomic E-state index is 13.2. The van der Waals surface area contributed by atoms with Crippen LogP contribution in [0.3, 0.4) is 0 Å². The van der Waals surface area contributed by atoms with Crippen molar-refractivity contribution in [1.29, 1.82) is 0 Å². The first-order chi connectivity index (χ1) is 9.44. The lowest BCUT2D eigenvalue weighted by molar-refractivity contribution is 0.0983. The third-order valence-electron chi connectivity index (χ3n) is 2.75. The van der Waals surface area contributed by atoms with E-state index in [0.29, 0.717) is 32.6 Å². The molecule has 104 valence electrons. The van der Waals surface area contributed by atoms with E-state index in [1.807, 2.05) is 0 Å². The molecule has 2 aromatic carbocycles. The highest BCUT2D eigenvalue weighted by Gasteiger charge is 2.09. The van der Waals surface area contributed by atoms with Crippen molar-refractivity contribution in [3.63, 3.8) is 0 Å². The van der Waals surface area contributed by atoms with Crippen LogP contribution in [0, 0.1) is 5.82 Å². The van der Waals surface area contributed by atoms with Crippen molar-refractivity contribution < 1.29 is 9.18 Å².